The molecule has 0 aliphatic rings. The lowest BCUT2D eigenvalue weighted by atomic mass is 10.1. The molecule has 0 radical (unpaired) electrons. The number of nitrogens with two attached hydrogens (primary N) is 1. The summed E-state index contributed by atoms with van der Waals surface area (Å²) in [5, 5.41) is 14.2. The first-order valence-corrected chi connectivity index (χ1v) is 5.97. The van der Waals surface area contributed by atoms with Gasteiger partial charge in [-0.1, -0.05) is 17.3 Å². The number of hydrogen-bond acceptors (Lipinski definition) is 3. The van der Waals surface area contributed by atoms with Gasteiger partial charge < -0.3 is 16.3 Å². The standard InChI is InChI=1S/C14H12F3N3O/c15-9-5-4-8(10(6-9)14(18)20-21)7-19-12-3-1-2-11(16)13(12)17/h1-6,19,21H,7H2,(H2,18,20). The average molecular weight is 295 g/mol. The van der Waals surface area contributed by atoms with Crippen LogP contribution in [0.2, 0.25) is 0 Å². The van der Waals surface area contributed by atoms with Gasteiger partial charge in [-0.05, 0) is 29.8 Å². The molecule has 0 saturated heterocycles. The molecular formula is C14H12F3N3O. The quantitative estimate of drug-likeness (QED) is 0.351. The number of amidine groups is 1. The summed E-state index contributed by atoms with van der Waals surface area (Å²) in [6.07, 6.45) is 0. The van der Waals surface area contributed by atoms with Crippen LogP contribution in [0, 0.1) is 17.5 Å². The first kappa shape index (κ1) is 14.7. The van der Waals surface area contributed by atoms with Gasteiger partial charge in [-0.3, -0.25) is 0 Å². The summed E-state index contributed by atoms with van der Waals surface area (Å²) in [6.45, 7) is 0.0478. The van der Waals surface area contributed by atoms with Crippen LogP contribution in [0.3, 0.4) is 0 Å². The maximum atomic E-state index is 13.5. The van der Waals surface area contributed by atoms with E-state index in [0.29, 0.717) is 5.56 Å². The molecule has 0 aromatic heterocycles. The van der Waals surface area contributed by atoms with E-state index in [9.17, 15) is 13.2 Å². The molecule has 4 nitrogen and oxygen atoms in total. The Morgan fingerprint density at radius 3 is 2.67 bits per heavy atom. The summed E-state index contributed by atoms with van der Waals surface area (Å²) in [4.78, 5) is 0. The van der Waals surface area contributed by atoms with Crippen LogP contribution in [0.5, 0.6) is 0 Å². The normalized spacial score (nSPS) is 11.5. The van der Waals surface area contributed by atoms with E-state index in [1.54, 1.807) is 0 Å². The van der Waals surface area contributed by atoms with Crippen molar-refractivity contribution in [3.63, 3.8) is 0 Å². The molecule has 2 aromatic carbocycles. The van der Waals surface area contributed by atoms with Crippen molar-refractivity contribution < 1.29 is 18.4 Å². The molecule has 0 heterocycles. The minimum Gasteiger partial charge on any atom is -0.409 e. The van der Waals surface area contributed by atoms with Gasteiger partial charge in [0.2, 0.25) is 0 Å². The molecule has 0 fully saturated rings. The number of anilines is 1. The maximum Gasteiger partial charge on any atom is 0.181 e. The van der Waals surface area contributed by atoms with Crippen molar-refractivity contribution in [3.05, 3.63) is 65.0 Å². The zero-order valence-electron chi connectivity index (χ0n) is 10.8. The molecule has 0 amide bonds. The molecule has 21 heavy (non-hydrogen) atoms. The lowest BCUT2D eigenvalue weighted by molar-refractivity contribution is 0.318. The van der Waals surface area contributed by atoms with Crippen LogP contribution in [0.1, 0.15) is 11.1 Å². The Morgan fingerprint density at radius 2 is 1.95 bits per heavy atom. The first-order chi connectivity index (χ1) is 10.0. The second-order valence-corrected chi connectivity index (χ2v) is 4.24. The Labute approximate surface area is 118 Å². The zero-order chi connectivity index (χ0) is 15.4. The largest absolute Gasteiger partial charge is 0.409 e. The van der Waals surface area contributed by atoms with Crippen LogP contribution in [-0.4, -0.2) is 11.0 Å². The van der Waals surface area contributed by atoms with Crippen LogP contribution in [0.4, 0.5) is 18.9 Å². The third kappa shape index (κ3) is 3.25. The van der Waals surface area contributed by atoms with Gasteiger partial charge in [0.15, 0.2) is 17.5 Å². The lowest BCUT2D eigenvalue weighted by Crippen LogP contribution is -2.17. The molecular weight excluding hydrogens is 283 g/mol. The van der Waals surface area contributed by atoms with Crippen LogP contribution in [0.25, 0.3) is 0 Å². The van der Waals surface area contributed by atoms with Crippen LogP contribution in [-0.2, 0) is 6.54 Å². The topological polar surface area (TPSA) is 70.6 Å². The number of halogens is 3. The number of rotatable bonds is 4. The molecule has 0 atom stereocenters. The minimum absolute atomic E-state index is 0.0372. The predicted molar refractivity (Wildman–Crippen MR) is 72.6 cm³/mol. The molecule has 0 aliphatic carbocycles. The molecule has 7 heteroatoms. The summed E-state index contributed by atoms with van der Waals surface area (Å²) in [6, 6.07) is 7.41. The molecule has 0 saturated carbocycles. The Morgan fingerprint density at radius 1 is 1.19 bits per heavy atom. The van der Waals surface area contributed by atoms with Crippen molar-refractivity contribution in [1.82, 2.24) is 0 Å². The van der Waals surface area contributed by atoms with Gasteiger partial charge in [0.05, 0.1) is 5.69 Å². The van der Waals surface area contributed by atoms with Crippen molar-refractivity contribution in [2.75, 3.05) is 5.32 Å². The third-order valence-corrected chi connectivity index (χ3v) is 2.88. The Kier molecular flexibility index (Phi) is 4.32. The van der Waals surface area contributed by atoms with E-state index in [0.717, 1.165) is 12.1 Å². The van der Waals surface area contributed by atoms with E-state index in [1.807, 2.05) is 0 Å². The van der Waals surface area contributed by atoms with Crippen molar-refractivity contribution in [2.24, 2.45) is 10.9 Å². The Balaban J connectivity index is 2.26. The minimum atomic E-state index is -1.01. The summed E-state index contributed by atoms with van der Waals surface area (Å²) >= 11 is 0. The number of nitrogens with one attached hydrogen (secondary N) is 1. The van der Waals surface area contributed by atoms with E-state index in [4.69, 9.17) is 10.9 Å². The zero-order valence-corrected chi connectivity index (χ0v) is 10.8. The molecule has 0 bridgehead atoms. The molecule has 2 aromatic rings. The molecule has 0 unspecified atom stereocenters. The fourth-order valence-electron chi connectivity index (χ4n) is 1.83. The highest BCUT2D eigenvalue weighted by Crippen LogP contribution is 2.19. The number of hydrogen-bond donors (Lipinski definition) is 3. The second kappa shape index (κ2) is 6.17. The van der Waals surface area contributed by atoms with Crippen molar-refractivity contribution in [3.8, 4) is 0 Å². The van der Waals surface area contributed by atoms with Crippen LogP contribution in [0.15, 0.2) is 41.6 Å². The maximum absolute atomic E-state index is 13.5. The summed E-state index contributed by atoms with van der Waals surface area (Å²) < 4.78 is 39.8. The first-order valence-electron chi connectivity index (χ1n) is 5.97. The highest BCUT2D eigenvalue weighted by atomic mass is 19.2. The van der Waals surface area contributed by atoms with Gasteiger partial charge in [0.1, 0.15) is 5.82 Å². The Bertz CT molecular complexity index is 689. The number of benzene rings is 2. The smallest absolute Gasteiger partial charge is 0.181 e. The number of oxime groups is 1. The molecule has 4 N–H and O–H groups in total. The Hall–Kier alpha value is -2.70. The highest BCUT2D eigenvalue weighted by molar-refractivity contribution is 5.98. The summed E-state index contributed by atoms with van der Waals surface area (Å²) in [5.41, 5.74) is 6.06. The average Bonchev–Trinajstić information content (AvgIpc) is 2.49. The summed E-state index contributed by atoms with van der Waals surface area (Å²) in [7, 11) is 0. The van der Waals surface area contributed by atoms with E-state index in [2.05, 4.69) is 10.5 Å². The van der Waals surface area contributed by atoms with Crippen LogP contribution < -0.4 is 11.1 Å². The van der Waals surface area contributed by atoms with Crippen molar-refractivity contribution in [1.29, 1.82) is 0 Å². The molecule has 110 valence electrons. The fourth-order valence-corrected chi connectivity index (χ4v) is 1.83. The van der Waals surface area contributed by atoms with Gasteiger partial charge in [-0.2, -0.15) is 0 Å². The molecule has 0 spiro atoms. The predicted octanol–water partition coefficient (Wildman–Crippen LogP) is 2.81. The van der Waals surface area contributed by atoms with Crippen molar-refractivity contribution in [2.45, 2.75) is 6.54 Å². The molecule has 2 rings (SSSR count). The molecule has 0 aliphatic heterocycles. The summed E-state index contributed by atoms with van der Waals surface area (Å²) in [5.74, 6) is -2.82. The monoisotopic (exact) mass is 295 g/mol. The van der Waals surface area contributed by atoms with Crippen LogP contribution >= 0.6 is 0 Å². The SMILES string of the molecule is NC(=NO)c1cc(F)ccc1CNc1cccc(F)c1F. The van der Waals surface area contributed by atoms with Gasteiger partial charge in [-0.25, -0.2) is 13.2 Å². The van der Waals surface area contributed by atoms with E-state index in [-0.39, 0.29) is 23.6 Å². The fraction of sp³-hybridized carbons (Fsp3) is 0.0714. The second-order valence-electron chi connectivity index (χ2n) is 4.24. The van der Waals surface area contributed by atoms with E-state index >= 15 is 0 Å². The number of nitrogens with zero attached hydrogens (tertiary/aromatic N) is 1. The van der Waals surface area contributed by atoms with Gasteiger partial charge in [-0.15, -0.1) is 0 Å². The van der Waals surface area contributed by atoms with E-state index < -0.39 is 17.5 Å². The highest BCUT2D eigenvalue weighted by Gasteiger charge is 2.11. The van der Waals surface area contributed by atoms with E-state index in [1.165, 1.54) is 24.3 Å². The third-order valence-electron chi connectivity index (χ3n) is 2.88. The lowest BCUT2D eigenvalue weighted by Gasteiger charge is -2.11. The van der Waals surface area contributed by atoms with Crippen molar-refractivity contribution >= 4 is 11.5 Å². The van der Waals surface area contributed by atoms with Gasteiger partial charge in [0, 0.05) is 12.1 Å². The van der Waals surface area contributed by atoms with Gasteiger partial charge in [0.25, 0.3) is 0 Å². The van der Waals surface area contributed by atoms with Gasteiger partial charge >= 0.3 is 0 Å².